The van der Waals surface area contributed by atoms with E-state index in [9.17, 15) is 4.79 Å². The molecule has 5 rings (SSSR count). The highest BCUT2D eigenvalue weighted by atomic mass is 35.5. The van der Waals surface area contributed by atoms with Crippen LogP contribution in [0.25, 0.3) is 11.0 Å². The van der Waals surface area contributed by atoms with E-state index in [0.717, 1.165) is 81.7 Å². The number of aryl methyl sites for hydroxylation is 1. The topological polar surface area (TPSA) is 75.5 Å². The number of imidazole rings is 1. The second-order valence-corrected chi connectivity index (χ2v) is 10.7. The number of likely N-dealkylation sites (tertiary alicyclic amines) is 2. The maximum Gasteiger partial charge on any atom is 0.258 e. The highest BCUT2D eigenvalue weighted by Gasteiger charge is 2.26. The lowest BCUT2D eigenvalue weighted by molar-refractivity contribution is 0.102. The molecule has 2 aliphatic rings. The number of anilines is 1. The lowest BCUT2D eigenvalue weighted by Gasteiger charge is -2.26. The summed E-state index contributed by atoms with van der Waals surface area (Å²) in [6.07, 6.45) is 11.0. The maximum absolute atomic E-state index is 13.2. The largest absolute Gasteiger partial charge is 0.380 e. The molecule has 4 heterocycles. The number of nitrogens with zero attached hydrogens (tertiary/aromatic N) is 5. The zero-order chi connectivity index (χ0) is 26.5. The molecule has 3 aromatic rings. The average molecular weight is 537 g/mol. The second-order valence-electron chi connectivity index (χ2n) is 10.3. The van der Waals surface area contributed by atoms with E-state index < -0.39 is 0 Å². The van der Waals surface area contributed by atoms with E-state index in [0.29, 0.717) is 22.6 Å². The van der Waals surface area contributed by atoms with E-state index in [1.54, 1.807) is 25.4 Å². The van der Waals surface area contributed by atoms with Gasteiger partial charge in [0.25, 0.3) is 5.91 Å². The molecule has 2 atom stereocenters. The quantitative estimate of drug-likeness (QED) is 0.411. The van der Waals surface area contributed by atoms with Gasteiger partial charge in [-0.1, -0.05) is 36.2 Å². The zero-order valence-corrected chi connectivity index (χ0v) is 23.0. The van der Waals surface area contributed by atoms with Gasteiger partial charge < -0.3 is 9.30 Å². The molecule has 8 nitrogen and oxygen atoms in total. The first-order chi connectivity index (χ1) is 18.5. The van der Waals surface area contributed by atoms with Gasteiger partial charge in [-0.15, -0.1) is 0 Å². The Balaban J connectivity index is 1.34. The molecule has 1 amide bonds. The van der Waals surface area contributed by atoms with Crippen LogP contribution < -0.4 is 5.32 Å². The van der Waals surface area contributed by atoms with Crippen LogP contribution >= 0.6 is 11.6 Å². The predicted octanol–water partition coefficient (Wildman–Crippen LogP) is 4.95. The predicted molar refractivity (Wildman–Crippen MR) is 152 cm³/mol. The summed E-state index contributed by atoms with van der Waals surface area (Å²) in [6.45, 7) is 7.76. The van der Waals surface area contributed by atoms with Gasteiger partial charge in [-0.05, 0) is 57.0 Å². The molecule has 202 valence electrons. The summed E-state index contributed by atoms with van der Waals surface area (Å²) in [5.74, 6) is 0.339. The number of ether oxygens (including phenoxy) is 1. The van der Waals surface area contributed by atoms with E-state index in [2.05, 4.69) is 36.8 Å². The number of hydrogen-bond acceptors (Lipinski definition) is 6. The molecule has 9 heteroatoms. The van der Waals surface area contributed by atoms with Crippen LogP contribution in [-0.4, -0.2) is 82.7 Å². The fourth-order valence-corrected chi connectivity index (χ4v) is 5.85. The standard InChI is InChI=1S/C29H37ClN6O2/c1-21-18-22(11-13-31-21)28(37)33-29-32-26-10-7-9-25(30)27(26)36(29)23-8-3-4-14-34(19-23)15-5-6-16-35-17-12-24(20-35)38-2/h5-7,9-11,13,18,23-24H,3-4,8,12,14-17,19-20H2,1-2H3,(H,32,33,37)/b6-5+/t23-,24+/m1/s1. The summed E-state index contributed by atoms with van der Waals surface area (Å²) >= 11 is 6.71. The van der Waals surface area contributed by atoms with Crippen LogP contribution in [0.4, 0.5) is 5.95 Å². The first kappa shape index (κ1) is 26.8. The number of aromatic nitrogens is 3. The molecule has 0 saturated carbocycles. The summed E-state index contributed by atoms with van der Waals surface area (Å²) in [6, 6.07) is 9.40. The van der Waals surface area contributed by atoms with Crippen molar-refractivity contribution in [1.82, 2.24) is 24.3 Å². The minimum atomic E-state index is -0.200. The Bertz CT molecular complexity index is 1290. The van der Waals surface area contributed by atoms with Crippen molar-refractivity contribution in [3.8, 4) is 0 Å². The van der Waals surface area contributed by atoms with Gasteiger partial charge in [-0.2, -0.15) is 0 Å². The summed E-state index contributed by atoms with van der Waals surface area (Å²) in [4.78, 5) is 27.1. The lowest BCUT2D eigenvalue weighted by Crippen LogP contribution is -2.31. The van der Waals surface area contributed by atoms with Crippen molar-refractivity contribution < 1.29 is 9.53 Å². The van der Waals surface area contributed by atoms with Crippen LogP contribution in [0, 0.1) is 6.92 Å². The molecular formula is C29H37ClN6O2. The monoisotopic (exact) mass is 536 g/mol. The number of benzene rings is 1. The third-order valence-electron chi connectivity index (χ3n) is 7.60. The fraction of sp³-hybridized carbons (Fsp3) is 0.483. The van der Waals surface area contributed by atoms with Crippen LogP contribution in [-0.2, 0) is 4.74 Å². The number of hydrogen-bond donors (Lipinski definition) is 1. The highest BCUT2D eigenvalue weighted by molar-refractivity contribution is 6.35. The zero-order valence-electron chi connectivity index (χ0n) is 22.3. The third-order valence-corrected chi connectivity index (χ3v) is 7.90. The minimum Gasteiger partial charge on any atom is -0.380 e. The molecule has 1 N–H and O–H groups in total. The van der Waals surface area contributed by atoms with E-state index in [-0.39, 0.29) is 11.9 Å². The van der Waals surface area contributed by atoms with Gasteiger partial charge >= 0.3 is 0 Å². The Morgan fingerprint density at radius 2 is 1.95 bits per heavy atom. The van der Waals surface area contributed by atoms with Crippen molar-refractivity contribution in [2.24, 2.45) is 0 Å². The van der Waals surface area contributed by atoms with E-state index in [1.807, 2.05) is 25.1 Å². The van der Waals surface area contributed by atoms with Crippen LogP contribution in [0.15, 0.2) is 48.7 Å². The summed E-state index contributed by atoms with van der Waals surface area (Å²) in [5.41, 5.74) is 3.02. The van der Waals surface area contributed by atoms with E-state index >= 15 is 0 Å². The van der Waals surface area contributed by atoms with Gasteiger partial charge in [0.15, 0.2) is 0 Å². The Kier molecular flexibility index (Phi) is 8.74. The van der Waals surface area contributed by atoms with Gasteiger partial charge in [-0.3, -0.25) is 24.9 Å². The molecule has 0 radical (unpaired) electrons. The number of para-hydroxylation sites is 1. The molecule has 0 unspecified atom stereocenters. The molecule has 1 aromatic carbocycles. The molecule has 2 saturated heterocycles. The van der Waals surface area contributed by atoms with Crippen LogP contribution in [0.1, 0.15) is 47.8 Å². The van der Waals surface area contributed by atoms with E-state index in [1.165, 1.54) is 0 Å². The normalized spacial score (nSPS) is 21.3. The number of rotatable bonds is 8. The number of amides is 1. The van der Waals surface area contributed by atoms with Crippen molar-refractivity contribution in [1.29, 1.82) is 0 Å². The number of carbonyl (C=O) groups is 1. The maximum atomic E-state index is 13.2. The summed E-state index contributed by atoms with van der Waals surface area (Å²) < 4.78 is 7.64. The average Bonchev–Trinajstić information content (AvgIpc) is 3.45. The second kappa shape index (κ2) is 12.4. The van der Waals surface area contributed by atoms with Crippen LogP contribution in [0.3, 0.4) is 0 Å². The smallest absolute Gasteiger partial charge is 0.258 e. The molecule has 2 aliphatic heterocycles. The van der Waals surface area contributed by atoms with Crippen molar-refractivity contribution in [2.45, 2.75) is 44.8 Å². The number of carbonyl (C=O) groups excluding carboxylic acids is 1. The van der Waals surface area contributed by atoms with Gasteiger partial charge in [-0.25, -0.2) is 4.98 Å². The Labute approximate surface area is 229 Å². The van der Waals surface area contributed by atoms with Crippen molar-refractivity contribution in [3.63, 3.8) is 0 Å². The number of methoxy groups -OCH3 is 1. The summed E-state index contributed by atoms with van der Waals surface area (Å²) in [5, 5.41) is 3.72. The molecule has 0 spiro atoms. The minimum absolute atomic E-state index is 0.145. The van der Waals surface area contributed by atoms with Crippen LogP contribution in [0.5, 0.6) is 0 Å². The van der Waals surface area contributed by atoms with Gasteiger partial charge in [0.2, 0.25) is 5.95 Å². The van der Waals surface area contributed by atoms with Gasteiger partial charge in [0, 0.05) is 63.3 Å². The number of fused-ring (bicyclic) bond motifs is 1. The Hall–Kier alpha value is -2.78. The van der Waals surface area contributed by atoms with E-state index in [4.69, 9.17) is 21.3 Å². The lowest BCUT2D eigenvalue weighted by atomic mass is 10.1. The Morgan fingerprint density at radius 3 is 2.71 bits per heavy atom. The third kappa shape index (κ3) is 6.26. The molecule has 0 aliphatic carbocycles. The van der Waals surface area contributed by atoms with Crippen LogP contribution in [0.2, 0.25) is 5.02 Å². The number of pyridine rings is 1. The molecule has 2 aromatic heterocycles. The molecule has 38 heavy (non-hydrogen) atoms. The van der Waals surface area contributed by atoms with Gasteiger partial charge in [0.05, 0.1) is 22.2 Å². The first-order valence-electron chi connectivity index (χ1n) is 13.5. The molecular weight excluding hydrogens is 500 g/mol. The molecule has 0 bridgehead atoms. The van der Waals surface area contributed by atoms with Crippen molar-refractivity contribution in [3.05, 3.63) is 65.0 Å². The van der Waals surface area contributed by atoms with Crippen molar-refractivity contribution in [2.75, 3.05) is 51.7 Å². The number of halogens is 1. The van der Waals surface area contributed by atoms with Gasteiger partial charge in [0.1, 0.15) is 0 Å². The van der Waals surface area contributed by atoms with Crippen molar-refractivity contribution >= 4 is 34.5 Å². The SMILES string of the molecule is CO[C@H]1CCN(C/C=C/CN2CCCC[C@@H](n3c(NC(=O)c4ccnc(C)c4)nc4cccc(Cl)c43)C2)C1. The molecule has 2 fully saturated rings. The highest BCUT2D eigenvalue weighted by Crippen LogP contribution is 2.34. The summed E-state index contributed by atoms with van der Waals surface area (Å²) in [7, 11) is 1.80. The fourth-order valence-electron chi connectivity index (χ4n) is 5.59. The number of nitrogens with one attached hydrogen (secondary N) is 1. The Morgan fingerprint density at radius 1 is 1.13 bits per heavy atom. The first-order valence-corrected chi connectivity index (χ1v) is 13.9.